The Morgan fingerprint density at radius 3 is 2.70 bits per heavy atom. The van der Waals surface area contributed by atoms with Crippen LogP contribution in [0.3, 0.4) is 0 Å². The summed E-state index contributed by atoms with van der Waals surface area (Å²) in [5, 5.41) is 11.7. The molecule has 0 fully saturated rings. The first kappa shape index (κ1) is 20.4. The summed E-state index contributed by atoms with van der Waals surface area (Å²) < 4.78 is 2.72. The molecule has 0 saturated carbocycles. The zero-order valence-corrected chi connectivity index (χ0v) is 19.2. The fraction of sp³-hybridized carbons (Fsp3) is 0.182. The highest BCUT2D eigenvalue weighted by molar-refractivity contribution is 9.10. The Morgan fingerprint density at radius 2 is 1.93 bits per heavy atom. The minimum absolute atomic E-state index is 0.290. The molecule has 0 aliphatic carbocycles. The summed E-state index contributed by atoms with van der Waals surface area (Å²) in [5.74, 6) is -0.311. The van der Waals surface area contributed by atoms with E-state index < -0.39 is 0 Å². The SMILES string of the molecule is Cc1cccc(-n2nnc(C(=O)Nc3nc(C)c(Cc4cccc(Br)c4)s3)c2C)c1. The smallest absolute Gasteiger partial charge is 0.279 e. The molecule has 0 aliphatic rings. The molecular weight excluding hydrogens is 462 g/mol. The highest BCUT2D eigenvalue weighted by Gasteiger charge is 2.19. The van der Waals surface area contributed by atoms with Gasteiger partial charge in [0, 0.05) is 15.8 Å². The number of carbonyl (C=O) groups excluding carboxylic acids is 1. The lowest BCUT2D eigenvalue weighted by atomic mass is 10.1. The van der Waals surface area contributed by atoms with E-state index in [2.05, 4.69) is 48.7 Å². The summed E-state index contributed by atoms with van der Waals surface area (Å²) in [6, 6.07) is 16.1. The van der Waals surface area contributed by atoms with Crippen molar-refractivity contribution in [3.8, 4) is 5.69 Å². The number of rotatable bonds is 5. The number of hydrogen-bond acceptors (Lipinski definition) is 5. The second kappa shape index (κ2) is 8.49. The third-order valence-corrected chi connectivity index (χ3v) is 6.29. The average molecular weight is 482 g/mol. The lowest BCUT2D eigenvalue weighted by Gasteiger charge is -2.04. The molecule has 152 valence electrons. The maximum atomic E-state index is 12.8. The van der Waals surface area contributed by atoms with Crippen LogP contribution >= 0.6 is 27.3 Å². The van der Waals surface area contributed by atoms with Crippen LogP contribution in [-0.2, 0) is 6.42 Å². The van der Waals surface area contributed by atoms with Crippen LogP contribution in [0.15, 0.2) is 53.0 Å². The predicted octanol–water partition coefficient (Wildman–Crippen LogP) is 5.25. The summed E-state index contributed by atoms with van der Waals surface area (Å²) in [5.41, 5.74) is 5.06. The van der Waals surface area contributed by atoms with E-state index in [0.717, 1.165) is 32.7 Å². The van der Waals surface area contributed by atoms with Crippen molar-refractivity contribution in [1.29, 1.82) is 0 Å². The monoisotopic (exact) mass is 481 g/mol. The number of aryl methyl sites for hydroxylation is 2. The van der Waals surface area contributed by atoms with E-state index in [1.165, 1.54) is 16.9 Å². The molecule has 4 rings (SSSR count). The van der Waals surface area contributed by atoms with Crippen LogP contribution in [0.1, 0.15) is 37.9 Å². The number of hydrogen-bond donors (Lipinski definition) is 1. The Bertz CT molecular complexity index is 1230. The number of benzene rings is 2. The van der Waals surface area contributed by atoms with Crippen molar-refractivity contribution in [2.45, 2.75) is 27.2 Å². The third-order valence-electron chi connectivity index (χ3n) is 4.72. The number of nitrogens with zero attached hydrogens (tertiary/aromatic N) is 4. The summed E-state index contributed by atoms with van der Waals surface area (Å²) in [6.07, 6.45) is 0.765. The van der Waals surface area contributed by atoms with Crippen LogP contribution in [-0.4, -0.2) is 25.9 Å². The van der Waals surface area contributed by atoms with Crippen molar-refractivity contribution in [2.24, 2.45) is 0 Å². The Balaban J connectivity index is 1.52. The first-order valence-corrected chi connectivity index (χ1v) is 11.0. The number of halogens is 1. The van der Waals surface area contributed by atoms with Gasteiger partial charge in [-0.3, -0.25) is 10.1 Å². The molecule has 0 aliphatic heterocycles. The quantitative estimate of drug-likeness (QED) is 0.422. The molecule has 2 aromatic heterocycles. The van der Waals surface area contributed by atoms with E-state index in [4.69, 9.17) is 0 Å². The minimum atomic E-state index is -0.311. The minimum Gasteiger partial charge on any atom is -0.296 e. The Labute approximate surface area is 187 Å². The van der Waals surface area contributed by atoms with Gasteiger partial charge in [0.15, 0.2) is 10.8 Å². The van der Waals surface area contributed by atoms with Gasteiger partial charge in [-0.25, -0.2) is 9.67 Å². The molecule has 6 nitrogen and oxygen atoms in total. The topological polar surface area (TPSA) is 72.7 Å². The van der Waals surface area contributed by atoms with Gasteiger partial charge in [-0.05, 0) is 56.2 Å². The van der Waals surface area contributed by atoms with Gasteiger partial charge in [0.1, 0.15) is 0 Å². The second-order valence-corrected chi connectivity index (χ2v) is 9.06. The molecule has 30 heavy (non-hydrogen) atoms. The van der Waals surface area contributed by atoms with E-state index in [1.807, 2.05) is 57.2 Å². The lowest BCUT2D eigenvalue weighted by Crippen LogP contribution is -2.14. The summed E-state index contributed by atoms with van der Waals surface area (Å²) in [7, 11) is 0. The molecule has 0 radical (unpaired) electrons. The van der Waals surface area contributed by atoms with Crippen LogP contribution < -0.4 is 5.32 Å². The molecule has 0 saturated heterocycles. The molecule has 2 aromatic carbocycles. The zero-order chi connectivity index (χ0) is 21.3. The number of carbonyl (C=O) groups is 1. The fourth-order valence-electron chi connectivity index (χ4n) is 3.18. The summed E-state index contributed by atoms with van der Waals surface area (Å²) >= 11 is 4.98. The van der Waals surface area contributed by atoms with Crippen molar-refractivity contribution < 1.29 is 4.79 Å². The number of amides is 1. The summed E-state index contributed by atoms with van der Waals surface area (Å²) in [4.78, 5) is 18.4. The van der Waals surface area contributed by atoms with Crippen LogP contribution in [0.25, 0.3) is 5.69 Å². The summed E-state index contributed by atoms with van der Waals surface area (Å²) in [6.45, 7) is 5.81. The van der Waals surface area contributed by atoms with Gasteiger partial charge in [0.2, 0.25) is 0 Å². The predicted molar refractivity (Wildman–Crippen MR) is 123 cm³/mol. The molecule has 0 atom stereocenters. The maximum absolute atomic E-state index is 12.8. The molecule has 2 heterocycles. The van der Waals surface area contributed by atoms with Gasteiger partial charge in [-0.1, -0.05) is 45.4 Å². The fourth-order valence-corrected chi connectivity index (χ4v) is 4.62. The van der Waals surface area contributed by atoms with Gasteiger partial charge in [0.25, 0.3) is 5.91 Å². The van der Waals surface area contributed by atoms with Crippen molar-refractivity contribution >= 4 is 38.3 Å². The number of aromatic nitrogens is 4. The highest BCUT2D eigenvalue weighted by Crippen LogP contribution is 2.26. The molecule has 0 unspecified atom stereocenters. The van der Waals surface area contributed by atoms with Crippen molar-refractivity contribution in [2.75, 3.05) is 5.32 Å². The molecule has 0 spiro atoms. The van der Waals surface area contributed by atoms with Gasteiger partial charge < -0.3 is 0 Å². The van der Waals surface area contributed by atoms with Crippen LogP contribution in [0.5, 0.6) is 0 Å². The second-order valence-electron chi connectivity index (χ2n) is 7.06. The molecule has 4 aromatic rings. The molecule has 0 bridgehead atoms. The van der Waals surface area contributed by atoms with Crippen molar-refractivity contribution in [3.05, 3.63) is 86.1 Å². The average Bonchev–Trinajstić information content (AvgIpc) is 3.24. The van der Waals surface area contributed by atoms with E-state index in [1.54, 1.807) is 4.68 Å². The first-order valence-electron chi connectivity index (χ1n) is 9.42. The lowest BCUT2D eigenvalue weighted by molar-refractivity contribution is 0.102. The largest absolute Gasteiger partial charge is 0.296 e. The Kier molecular flexibility index (Phi) is 5.78. The van der Waals surface area contributed by atoms with E-state index >= 15 is 0 Å². The van der Waals surface area contributed by atoms with E-state index in [-0.39, 0.29) is 11.6 Å². The van der Waals surface area contributed by atoms with Crippen LogP contribution in [0.4, 0.5) is 5.13 Å². The Morgan fingerprint density at radius 1 is 1.13 bits per heavy atom. The first-order chi connectivity index (χ1) is 14.4. The number of anilines is 1. The van der Waals surface area contributed by atoms with Gasteiger partial charge in [-0.15, -0.1) is 16.4 Å². The highest BCUT2D eigenvalue weighted by atomic mass is 79.9. The van der Waals surface area contributed by atoms with Crippen molar-refractivity contribution in [3.63, 3.8) is 0 Å². The van der Waals surface area contributed by atoms with Gasteiger partial charge in [-0.2, -0.15) is 0 Å². The van der Waals surface area contributed by atoms with Gasteiger partial charge >= 0.3 is 0 Å². The standard InChI is InChI=1S/C22H20BrN5OS/c1-13-6-4-9-18(10-13)28-15(3)20(26-27-28)21(29)25-22-24-14(2)19(30-22)12-16-7-5-8-17(23)11-16/h4-11H,12H2,1-3H3,(H,24,25,29). The number of nitrogens with one attached hydrogen (secondary N) is 1. The maximum Gasteiger partial charge on any atom is 0.279 e. The molecule has 8 heteroatoms. The zero-order valence-electron chi connectivity index (χ0n) is 16.8. The Hall–Kier alpha value is -2.84. The molecular formula is C22H20BrN5OS. The normalized spacial score (nSPS) is 10.9. The van der Waals surface area contributed by atoms with E-state index in [9.17, 15) is 4.79 Å². The van der Waals surface area contributed by atoms with E-state index in [0.29, 0.717) is 10.8 Å². The van der Waals surface area contributed by atoms with Gasteiger partial charge in [0.05, 0.1) is 17.1 Å². The van der Waals surface area contributed by atoms with Crippen LogP contribution in [0, 0.1) is 20.8 Å². The molecule has 1 N–H and O–H groups in total. The van der Waals surface area contributed by atoms with Crippen molar-refractivity contribution in [1.82, 2.24) is 20.0 Å². The third kappa shape index (κ3) is 4.34. The number of thiazole rings is 1. The molecule has 1 amide bonds. The van der Waals surface area contributed by atoms with Crippen LogP contribution in [0.2, 0.25) is 0 Å².